The van der Waals surface area contributed by atoms with Gasteiger partial charge < -0.3 is 14.4 Å². The highest BCUT2D eigenvalue weighted by molar-refractivity contribution is 5.73. The van der Waals surface area contributed by atoms with Crippen molar-refractivity contribution >= 4 is 5.91 Å². The first-order chi connectivity index (χ1) is 11.4. The van der Waals surface area contributed by atoms with Crippen LogP contribution < -0.4 is 5.32 Å². The maximum absolute atomic E-state index is 11.2. The summed E-state index contributed by atoms with van der Waals surface area (Å²) in [5, 5.41) is 10.8. The molecule has 0 saturated heterocycles. The number of carbonyl (C=O) groups is 1. The smallest absolute Gasteiger partial charge is 0.227 e. The first kappa shape index (κ1) is 16.6. The molecule has 1 N–H and O–H groups in total. The summed E-state index contributed by atoms with van der Waals surface area (Å²) in [6.45, 7) is 5.12. The summed E-state index contributed by atoms with van der Waals surface area (Å²) >= 11 is 0. The molecule has 8 heteroatoms. The number of hydrogen-bond donors (Lipinski definition) is 1. The molecule has 0 spiro atoms. The standard InChI is InChI=1S/C16H23N5O3/c1-10(22)19-16(2,3)15-18-13(24-21-15)9-8-12-17-14(20-23-12)11-6-4-5-7-11/h11H,4-9H2,1-3H3,(H,19,22). The van der Waals surface area contributed by atoms with E-state index < -0.39 is 5.54 Å². The van der Waals surface area contributed by atoms with E-state index >= 15 is 0 Å². The molecule has 3 rings (SSSR count). The molecule has 1 aliphatic carbocycles. The second-order valence-corrected chi connectivity index (χ2v) is 6.85. The van der Waals surface area contributed by atoms with Gasteiger partial charge in [0.1, 0.15) is 0 Å². The fraction of sp³-hybridized carbons (Fsp3) is 0.688. The zero-order valence-electron chi connectivity index (χ0n) is 14.3. The van der Waals surface area contributed by atoms with E-state index in [1.807, 2.05) is 13.8 Å². The van der Waals surface area contributed by atoms with Gasteiger partial charge in [0.15, 0.2) is 11.6 Å². The largest absolute Gasteiger partial charge is 0.344 e. The number of aromatic nitrogens is 4. The van der Waals surface area contributed by atoms with Crippen molar-refractivity contribution in [1.29, 1.82) is 0 Å². The first-order valence-electron chi connectivity index (χ1n) is 8.38. The summed E-state index contributed by atoms with van der Waals surface area (Å²) in [6, 6.07) is 0. The third kappa shape index (κ3) is 3.80. The summed E-state index contributed by atoms with van der Waals surface area (Å²) in [6.07, 6.45) is 5.85. The molecule has 0 unspecified atom stereocenters. The molecule has 2 aromatic heterocycles. The van der Waals surface area contributed by atoms with Gasteiger partial charge >= 0.3 is 0 Å². The molecule has 8 nitrogen and oxygen atoms in total. The van der Waals surface area contributed by atoms with Crippen LogP contribution in [0, 0.1) is 0 Å². The van der Waals surface area contributed by atoms with Crippen LogP contribution in [-0.4, -0.2) is 26.2 Å². The minimum absolute atomic E-state index is 0.142. The van der Waals surface area contributed by atoms with Gasteiger partial charge in [-0.1, -0.05) is 23.2 Å². The van der Waals surface area contributed by atoms with Crippen molar-refractivity contribution in [2.24, 2.45) is 0 Å². The van der Waals surface area contributed by atoms with Crippen molar-refractivity contribution in [1.82, 2.24) is 25.6 Å². The molecule has 0 aliphatic heterocycles. The van der Waals surface area contributed by atoms with E-state index in [-0.39, 0.29) is 5.91 Å². The van der Waals surface area contributed by atoms with E-state index in [1.54, 1.807) is 0 Å². The van der Waals surface area contributed by atoms with Crippen LogP contribution in [0.15, 0.2) is 9.05 Å². The van der Waals surface area contributed by atoms with E-state index in [9.17, 15) is 4.79 Å². The number of amides is 1. The Morgan fingerprint density at radius 1 is 1.12 bits per heavy atom. The van der Waals surface area contributed by atoms with Gasteiger partial charge in [-0.2, -0.15) is 9.97 Å². The van der Waals surface area contributed by atoms with E-state index in [2.05, 4.69) is 25.6 Å². The van der Waals surface area contributed by atoms with Gasteiger partial charge in [-0.3, -0.25) is 4.79 Å². The zero-order chi connectivity index (χ0) is 17.2. The molecule has 0 bridgehead atoms. The van der Waals surface area contributed by atoms with Gasteiger partial charge in [0.05, 0.1) is 5.54 Å². The van der Waals surface area contributed by atoms with Crippen LogP contribution in [0.3, 0.4) is 0 Å². The molecule has 1 amide bonds. The summed E-state index contributed by atoms with van der Waals surface area (Å²) in [4.78, 5) is 20.1. The fourth-order valence-electron chi connectivity index (χ4n) is 3.04. The second-order valence-electron chi connectivity index (χ2n) is 6.85. The van der Waals surface area contributed by atoms with Crippen LogP contribution in [0.2, 0.25) is 0 Å². The molecular weight excluding hydrogens is 310 g/mol. The van der Waals surface area contributed by atoms with E-state index in [4.69, 9.17) is 9.05 Å². The van der Waals surface area contributed by atoms with Crippen LogP contribution in [0.4, 0.5) is 0 Å². The van der Waals surface area contributed by atoms with Gasteiger partial charge in [-0.05, 0) is 26.7 Å². The molecule has 0 aromatic carbocycles. The summed E-state index contributed by atoms with van der Waals surface area (Å²) in [5.74, 6) is 2.65. The number of carbonyl (C=O) groups excluding carboxylic acids is 1. The van der Waals surface area contributed by atoms with Crippen molar-refractivity contribution in [2.45, 2.75) is 70.8 Å². The topological polar surface area (TPSA) is 107 Å². The van der Waals surface area contributed by atoms with Crippen molar-refractivity contribution in [3.8, 4) is 0 Å². The predicted molar refractivity (Wildman–Crippen MR) is 84.1 cm³/mol. The maximum Gasteiger partial charge on any atom is 0.227 e. The van der Waals surface area contributed by atoms with Crippen LogP contribution in [0.5, 0.6) is 0 Å². The van der Waals surface area contributed by atoms with Crippen LogP contribution in [-0.2, 0) is 23.2 Å². The van der Waals surface area contributed by atoms with Gasteiger partial charge in [0, 0.05) is 25.7 Å². The minimum atomic E-state index is -0.673. The fourth-order valence-corrected chi connectivity index (χ4v) is 3.04. The number of aryl methyl sites for hydroxylation is 2. The van der Waals surface area contributed by atoms with Crippen molar-refractivity contribution in [2.75, 3.05) is 0 Å². The molecule has 130 valence electrons. The highest BCUT2D eigenvalue weighted by Crippen LogP contribution is 2.32. The average Bonchev–Trinajstić information content (AvgIpc) is 3.24. The Morgan fingerprint density at radius 3 is 2.42 bits per heavy atom. The summed E-state index contributed by atoms with van der Waals surface area (Å²) < 4.78 is 10.6. The van der Waals surface area contributed by atoms with Crippen molar-refractivity contribution < 1.29 is 13.8 Å². The molecule has 1 fully saturated rings. The predicted octanol–water partition coefficient (Wildman–Crippen LogP) is 2.27. The number of nitrogens with zero attached hydrogens (tertiary/aromatic N) is 4. The third-order valence-corrected chi connectivity index (χ3v) is 4.27. The third-order valence-electron chi connectivity index (χ3n) is 4.27. The van der Waals surface area contributed by atoms with Crippen LogP contribution in [0.25, 0.3) is 0 Å². The Hall–Kier alpha value is -2.25. The van der Waals surface area contributed by atoms with E-state index in [0.717, 1.165) is 18.7 Å². The van der Waals surface area contributed by atoms with Gasteiger partial charge in [-0.15, -0.1) is 0 Å². The van der Waals surface area contributed by atoms with Gasteiger partial charge in [0.2, 0.25) is 17.7 Å². The van der Waals surface area contributed by atoms with Crippen molar-refractivity contribution in [3.63, 3.8) is 0 Å². The number of nitrogens with one attached hydrogen (secondary N) is 1. The molecule has 2 aromatic rings. The Balaban J connectivity index is 1.58. The SMILES string of the molecule is CC(=O)NC(C)(C)c1noc(CCc2nc(C3CCCC3)no2)n1. The lowest BCUT2D eigenvalue weighted by atomic mass is 10.1. The number of hydrogen-bond acceptors (Lipinski definition) is 7. The zero-order valence-corrected chi connectivity index (χ0v) is 14.3. The van der Waals surface area contributed by atoms with Gasteiger partial charge in [-0.25, -0.2) is 0 Å². The van der Waals surface area contributed by atoms with E-state index in [0.29, 0.717) is 36.4 Å². The Morgan fingerprint density at radius 2 is 1.75 bits per heavy atom. The lowest BCUT2D eigenvalue weighted by Gasteiger charge is -2.20. The molecule has 24 heavy (non-hydrogen) atoms. The minimum Gasteiger partial charge on any atom is -0.344 e. The highest BCUT2D eigenvalue weighted by Gasteiger charge is 2.28. The average molecular weight is 333 g/mol. The molecule has 1 aliphatic rings. The first-order valence-corrected chi connectivity index (χ1v) is 8.38. The lowest BCUT2D eigenvalue weighted by molar-refractivity contribution is -0.120. The van der Waals surface area contributed by atoms with Crippen LogP contribution in [0.1, 0.15) is 75.8 Å². The normalized spacial score (nSPS) is 15.8. The summed E-state index contributed by atoms with van der Waals surface area (Å²) in [5.41, 5.74) is -0.673. The summed E-state index contributed by atoms with van der Waals surface area (Å²) in [7, 11) is 0. The van der Waals surface area contributed by atoms with Crippen LogP contribution >= 0.6 is 0 Å². The quantitative estimate of drug-likeness (QED) is 0.864. The Bertz CT molecular complexity index is 700. The molecular formula is C16H23N5O3. The molecule has 2 heterocycles. The maximum atomic E-state index is 11.2. The van der Waals surface area contributed by atoms with Gasteiger partial charge in [0.25, 0.3) is 0 Å². The van der Waals surface area contributed by atoms with Crippen molar-refractivity contribution in [3.05, 3.63) is 23.4 Å². The highest BCUT2D eigenvalue weighted by atomic mass is 16.5. The Kier molecular flexibility index (Phi) is 4.64. The monoisotopic (exact) mass is 333 g/mol. The Labute approximate surface area is 140 Å². The molecule has 1 saturated carbocycles. The molecule has 0 atom stereocenters. The second kappa shape index (κ2) is 6.70. The lowest BCUT2D eigenvalue weighted by Crippen LogP contribution is -2.40. The molecule has 0 radical (unpaired) electrons. The number of rotatable bonds is 6. The van der Waals surface area contributed by atoms with E-state index in [1.165, 1.54) is 19.8 Å².